The SMILES string of the molecule is CCOc1cc(C(Nc2ccc(C(=N)N)cc2)C(=O)NNc2ccccc2C(=O)OC(=O)C(F)(F)F)ccc1OC(C)CN(C)C. The van der Waals surface area contributed by atoms with Gasteiger partial charge in [0, 0.05) is 17.8 Å². The number of hydrogen-bond acceptors (Lipinski definition) is 10. The first-order chi connectivity index (χ1) is 21.7. The van der Waals surface area contributed by atoms with Crippen LogP contribution in [0.25, 0.3) is 0 Å². The Morgan fingerprint density at radius 3 is 2.28 bits per heavy atom. The maximum Gasteiger partial charge on any atom is 0.491 e. The van der Waals surface area contributed by atoms with Gasteiger partial charge in [-0.3, -0.25) is 21.1 Å². The lowest BCUT2D eigenvalue weighted by atomic mass is 10.0. The van der Waals surface area contributed by atoms with Crippen LogP contribution in [0.3, 0.4) is 0 Å². The minimum Gasteiger partial charge on any atom is -0.490 e. The molecule has 1 amide bonds. The number of alkyl halides is 3. The van der Waals surface area contributed by atoms with Crippen molar-refractivity contribution >= 4 is 35.1 Å². The molecule has 246 valence electrons. The number of esters is 2. The van der Waals surface area contributed by atoms with Crippen LogP contribution in [0.15, 0.2) is 66.7 Å². The highest BCUT2D eigenvalue weighted by atomic mass is 19.4. The fourth-order valence-corrected chi connectivity index (χ4v) is 4.22. The molecule has 2 atom stereocenters. The van der Waals surface area contributed by atoms with Crippen LogP contribution < -0.4 is 31.4 Å². The second-order valence-electron chi connectivity index (χ2n) is 10.2. The predicted molar refractivity (Wildman–Crippen MR) is 165 cm³/mol. The van der Waals surface area contributed by atoms with E-state index in [1.54, 1.807) is 49.4 Å². The standard InChI is InChI=1S/C31H35F3N6O6/c1-5-44-25-16-20(12-15-24(25)45-18(2)17-40(3)4)26(37-21-13-10-19(11-14-21)27(35)36)28(41)39-38-23-9-7-6-8-22(23)29(42)46-30(43)31(32,33)34/h6-16,18,26,37-38H,5,17H2,1-4H3,(H3,35,36)(H,39,41). The molecule has 12 nitrogen and oxygen atoms in total. The van der Waals surface area contributed by atoms with Gasteiger partial charge in [-0.2, -0.15) is 13.2 Å². The van der Waals surface area contributed by atoms with Crippen LogP contribution in [-0.4, -0.2) is 68.1 Å². The van der Waals surface area contributed by atoms with Gasteiger partial charge in [-0.05, 0) is 82.0 Å². The van der Waals surface area contributed by atoms with E-state index in [1.165, 1.54) is 18.2 Å². The molecular formula is C31H35F3N6O6. The summed E-state index contributed by atoms with van der Waals surface area (Å²) in [7, 11) is 3.84. The van der Waals surface area contributed by atoms with Gasteiger partial charge >= 0.3 is 18.1 Å². The molecule has 3 aromatic rings. The molecule has 0 saturated heterocycles. The van der Waals surface area contributed by atoms with Gasteiger partial charge in [0.05, 0.1) is 17.9 Å². The van der Waals surface area contributed by atoms with Gasteiger partial charge in [-0.15, -0.1) is 0 Å². The van der Waals surface area contributed by atoms with Crippen molar-refractivity contribution in [2.24, 2.45) is 5.73 Å². The maximum absolute atomic E-state index is 13.7. The van der Waals surface area contributed by atoms with Crippen molar-refractivity contribution in [3.8, 4) is 11.5 Å². The first-order valence-corrected chi connectivity index (χ1v) is 14.0. The van der Waals surface area contributed by atoms with Crippen molar-refractivity contribution in [2.75, 3.05) is 38.0 Å². The van der Waals surface area contributed by atoms with E-state index in [0.717, 1.165) is 6.07 Å². The molecule has 46 heavy (non-hydrogen) atoms. The third kappa shape index (κ3) is 9.85. The summed E-state index contributed by atoms with van der Waals surface area (Å²) in [5.41, 5.74) is 11.4. The number of rotatable bonds is 14. The molecule has 3 aromatic carbocycles. The molecule has 0 aliphatic heterocycles. The molecule has 2 unspecified atom stereocenters. The number of benzene rings is 3. The number of amidine groups is 1. The van der Waals surface area contributed by atoms with Crippen LogP contribution in [0.4, 0.5) is 24.5 Å². The van der Waals surface area contributed by atoms with Crippen molar-refractivity contribution in [2.45, 2.75) is 32.2 Å². The Morgan fingerprint density at radius 1 is 1.00 bits per heavy atom. The van der Waals surface area contributed by atoms with Crippen LogP contribution in [0, 0.1) is 5.41 Å². The zero-order chi connectivity index (χ0) is 34.0. The van der Waals surface area contributed by atoms with E-state index in [2.05, 4.69) is 20.9 Å². The second kappa shape index (κ2) is 15.6. The largest absolute Gasteiger partial charge is 0.491 e. The number of carbonyl (C=O) groups is 3. The van der Waals surface area contributed by atoms with Gasteiger partial charge < -0.3 is 30.2 Å². The number of nitrogen functional groups attached to an aromatic ring is 1. The first kappa shape index (κ1) is 35.2. The second-order valence-corrected chi connectivity index (χ2v) is 10.2. The Labute approximate surface area is 263 Å². The Balaban J connectivity index is 1.92. The molecule has 0 spiro atoms. The Morgan fingerprint density at radius 2 is 1.67 bits per heavy atom. The van der Waals surface area contributed by atoms with Crippen molar-refractivity contribution < 1.29 is 41.8 Å². The number of halogens is 3. The van der Waals surface area contributed by atoms with E-state index in [-0.39, 0.29) is 17.6 Å². The lowest BCUT2D eigenvalue weighted by Crippen LogP contribution is -2.37. The number of hydrogen-bond donors (Lipinski definition) is 5. The van der Waals surface area contributed by atoms with E-state index in [0.29, 0.717) is 41.5 Å². The molecule has 0 bridgehead atoms. The van der Waals surface area contributed by atoms with E-state index < -0.39 is 35.6 Å². The number of amides is 1. The Hall–Kier alpha value is -5.31. The molecular weight excluding hydrogens is 609 g/mol. The summed E-state index contributed by atoms with van der Waals surface area (Å²) in [5.74, 6) is -4.22. The van der Waals surface area contributed by atoms with Crippen LogP contribution in [0.2, 0.25) is 0 Å². The molecule has 15 heteroatoms. The third-order valence-electron chi connectivity index (χ3n) is 6.20. The summed E-state index contributed by atoms with van der Waals surface area (Å²) >= 11 is 0. The van der Waals surface area contributed by atoms with Gasteiger partial charge in [-0.25, -0.2) is 9.59 Å². The van der Waals surface area contributed by atoms with Crippen molar-refractivity contribution in [3.05, 3.63) is 83.4 Å². The zero-order valence-electron chi connectivity index (χ0n) is 25.5. The van der Waals surface area contributed by atoms with E-state index in [4.69, 9.17) is 20.6 Å². The number of nitrogens with one attached hydrogen (secondary N) is 4. The summed E-state index contributed by atoms with van der Waals surface area (Å²) < 4.78 is 53.8. The van der Waals surface area contributed by atoms with Crippen molar-refractivity contribution in [1.82, 2.24) is 10.3 Å². The van der Waals surface area contributed by atoms with E-state index >= 15 is 0 Å². The van der Waals surface area contributed by atoms with Gasteiger partial charge in [0.2, 0.25) is 0 Å². The quantitative estimate of drug-likeness (QED) is 0.0563. The minimum atomic E-state index is -5.38. The van der Waals surface area contributed by atoms with E-state index in [9.17, 15) is 27.6 Å². The van der Waals surface area contributed by atoms with Gasteiger partial charge in [0.1, 0.15) is 18.0 Å². The highest BCUT2D eigenvalue weighted by molar-refractivity contribution is 6.02. The molecule has 0 aliphatic rings. The smallest absolute Gasteiger partial charge is 0.490 e. The highest BCUT2D eigenvalue weighted by Gasteiger charge is 2.42. The number of nitrogens with zero attached hydrogens (tertiary/aromatic N) is 1. The average molecular weight is 645 g/mol. The van der Waals surface area contributed by atoms with Gasteiger partial charge in [0.25, 0.3) is 5.91 Å². The topological polar surface area (TPSA) is 168 Å². The van der Waals surface area contributed by atoms with Crippen LogP contribution in [-0.2, 0) is 14.3 Å². The number of hydrazine groups is 1. The van der Waals surface area contributed by atoms with Gasteiger partial charge in [0.15, 0.2) is 11.5 Å². The minimum absolute atomic E-state index is 0.131. The van der Waals surface area contributed by atoms with Crippen molar-refractivity contribution in [3.63, 3.8) is 0 Å². The molecule has 0 saturated carbocycles. The van der Waals surface area contributed by atoms with Crippen LogP contribution >= 0.6 is 0 Å². The highest BCUT2D eigenvalue weighted by Crippen LogP contribution is 2.33. The number of nitrogens with two attached hydrogens (primary N) is 1. The molecule has 0 heterocycles. The normalized spacial score (nSPS) is 12.4. The summed E-state index contributed by atoms with van der Waals surface area (Å²) in [4.78, 5) is 39.2. The molecule has 6 N–H and O–H groups in total. The van der Waals surface area contributed by atoms with Crippen molar-refractivity contribution in [1.29, 1.82) is 5.41 Å². The summed E-state index contributed by atoms with van der Waals surface area (Å²) in [5, 5.41) is 10.7. The summed E-state index contributed by atoms with van der Waals surface area (Å²) in [6.07, 6.45) is -5.56. The van der Waals surface area contributed by atoms with Crippen LogP contribution in [0.1, 0.15) is 41.4 Å². The predicted octanol–water partition coefficient (Wildman–Crippen LogP) is 4.24. The summed E-state index contributed by atoms with van der Waals surface area (Å²) in [6.45, 7) is 4.66. The number of ether oxygens (including phenoxy) is 3. The van der Waals surface area contributed by atoms with Gasteiger partial charge in [-0.1, -0.05) is 18.2 Å². The van der Waals surface area contributed by atoms with Crippen LogP contribution in [0.5, 0.6) is 11.5 Å². The number of anilines is 2. The molecule has 0 aliphatic carbocycles. The Kier molecular flexibility index (Phi) is 11.9. The van der Waals surface area contributed by atoms with E-state index in [1.807, 2.05) is 25.9 Å². The number of carbonyl (C=O) groups excluding carboxylic acids is 3. The summed E-state index contributed by atoms with van der Waals surface area (Å²) in [6, 6.07) is 15.5. The fraction of sp³-hybridized carbons (Fsp3) is 0.290. The zero-order valence-corrected chi connectivity index (χ0v) is 25.5. The molecule has 0 aromatic heterocycles. The lowest BCUT2D eigenvalue weighted by molar-refractivity contribution is -0.193. The third-order valence-corrected chi connectivity index (χ3v) is 6.20. The molecule has 0 radical (unpaired) electrons. The monoisotopic (exact) mass is 644 g/mol. The Bertz CT molecular complexity index is 1550. The lowest BCUT2D eigenvalue weighted by Gasteiger charge is -2.24. The average Bonchev–Trinajstić information content (AvgIpc) is 2.99. The first-order valence-electron chi connectivity index (χ1n) is 14.0. The number of para-hydroxylation sites is 1. The molecule has 0 fully saturated rings. The maximum atomic E-state index is 13.7. The fourth-order valence-electron chi connectivity index (χ4n) is 4.22. The molecule has 3 rings (SSSR count). The number of likely N-dealkylation sites (N-methyl/N-ethyl adjacent to an activating group) is 1.